The van der Waals surface area contributed by atoms with Crippen molar-refractivity contribution < 1.29 is 4.79 Å². The van der Waals surface area contributed by atoms with Crippen LogP contribution in [0, 0.1) is 11.3 Å². The average molecular weight is 251 g/mol. The fourth-order valence-electron chi connectivity index (χ4n) is 1.50. The smallest absolute Gasteiger partial charge is 0.252 e. The number of halogens is 1. The van der Waals surface area contributed by atoms with Crippen molar-refractivity contribution in [2.75, 3.05) is 0 Å². The Morgan fingerprint density at radius 2 is 1.88 bits per heavy atom. The molecule has 1 aromatic rings. The molecule has 0 aliphatic heterocycles. The third-order valence-electron chi connectivity index (χ3n) is 2.88. The van der Waals surface area contributed by atoms with Crippen molar-refractivity contribution in [1.29, 1.82) is 5.26 Å². The summed E-state index contributed by atoms with van der Waals surface area (Å²) in [5, 5.41) is 12.5. The van der Waals surface area contributed by atoms with Gasteiger partial charge in [0.05, 0.1) is 6.07 Å². The van der Waals surface area contributed by atoms with Crippen LogP contribution in [-0.4, -0.2) is 11.4 Å². The number of nitriles is 1. The number of nitrogens with zero attached hydrogens (tertiary/aromatic N) is 1. The van der Waals surface area contributed by atoms with Gasteiger partial charge in [-0.3, -0.25) is 4.79 Å². The number of carbonyl (C=O) groups is 1. The van der Waals surface area contributed by atoms with E-state index in [-0.39, 0.29) is 5.91 Å². The molecule has 17 heavy (non-hydrogen) atoms. The lowest BCUT2D eigenvalue weighted by atomic mass is 9.94. The Morgan fingerprint density at radius 3 is 2.29 bits per heavy atom. The zero-order chi connectivity index (χ0) is 12.9. The summed E-state index contributed by atoms with van der Waals surface area (Å²) in [5.41, 5.74) is -0.271. The molecule has 0 aliphatic rings. The molecule has 0 atom stereocenters. The standard InChI is InChI=1S/C13H15ClN2O/c1-3-13(4-2,9-15)16-12(17)10-5-7-11(14)8-6-10/h5-8H,3-4H2,1-2H3,(H,16,17). The van der Waals surface area contributed by atoms with Crippen LogP contribution in [0.1, 0.15) is 37.0 Å². The van der Waals surface area contributed by atoms with Crippen molar-refractivity contribution in [3.8, 4) is 6.07 Å². The molecule has 1 rings (SSSR count). The highest BCUT2D eigenvalue weighted by Crippen LogP contribution is 2.16. The summed E-state index contributed by atoms with van der Waals surface area (Å²) in [6, 6.07) is 8.77. The number of amides is 1. The summed E-state index contributed by atoms with van der Waals surface area (Å²) in [6.07, 6.45) is 1.17. The van der Waals surface area contributed by atoms with E-state index >= 15 is 0 Å². The summed E-state index contributed by atoms with van der Waals surface area (Å²) < 4.78 is 0. The first-order valence-corrected chi connectivity index (χ1v) is 5.94. The van der Waals surface area contributed by atoms with E-state index in [0.717, 1.165) is 0 Å². The van der Waals surface area contributed by atoms with Gasteiger partial charge in [-0.1, -0.05) is 25.4 Å². The molecule has 1 N–H and O–H groups in total. The molecule has 0 heterocycles. The number of carbonyl (C=O) groups excluding carboxylic acids is 1. The van der Waals surface area contributed by atoms with Gasteiger partial charge in [-0.2, -0.15) is 5.26 Å². The van der Waals surface area contributed by atoms with E-state index in [0.29, 0.717) is 23.4 Å². The molecule has 3 nitrogen and oxygen atoms in total. The van der Waals surface area contributed by atoms with Gasteiger partial charge in [0.25, 0.3) is 5.91 Å². The van der Waals surface area contributed by atoms with Gasteiger partial charge in [0, 0.05) is 10.6 Å². The van der Waals surface area contributed by atoms with Gasteiger partial charge in [0.2, 0.25) is 0 Å². The molecule has 1 aromatic carbocycles. The van der Waals surface area contributed by atoms with Crippen LogP contribution in [-0.2, 0) is 0 Å². The lowest BCUT2D eigenvalue weighted by molar-refractivity contribution is 0.0915. The highest BCUT2D eigenvalue weighted by Gasteiger charge is 2.27. The highest BCUT2D eigenvalue weighted by molar-refractivity contribution is 6.30. The molecular formula is C13H15ClN2O. The number of hydrogen-bond acceptors (Lipinski definition) is 2. The summed E-state index contributed by atoms with van der Waals surface area (Å²) >= 11 is 5.75. The monoisotopic (exact) mass is 250 g/mol. The maximum Gasteiger partial charge on any atom is 0.252 e. The van der Waals surface area contributed by atoms with Crippen molar-refractivity contribution in [2.24, 2.45) is 0 Å². The first kappa shape index (κ1) is 13.5. The largest absolute Gasteiger partial charge is 0.334 e. The van der Waals surface area contributed by atoms with E-state index in [4.69, 9.17) is 16.9 Å². The Hall–Kier alpha value is -1.53. The maximum absolute atomic E-state index is 11.9. The predicted octanol–water partition coefficient (Wildman–Crippen LogP) is 3.15. The molecule has 0 unspecified atom stereocenters. The molecule has 0 aromatic heterocycles. The molecule has 1 amide bonds. The van der Waals surface area contributed by atoms with Crippen LogP contribution in [0.3, 0.4) is 0 Å². The minimum absolute atomic E-state index is 0.244. The Morgan fingerprint density at radius 1 is 1.35 bits per heavy atom. The van der Waals surface area contributed by atoms with Crippen LogP contribution in [0.25, 0.3) is 0 Å². The molecule has 4 heteroatoms. The molecule has 0 aliphatic carbocycles. The third kappa shape index (κ3) is 3.21. The SMILES string of the molecule is CCC(C#N)(CC)NC(=O)c1ccc(Cl)cc1. The summed E-state index contributed by atoms with van der Waals surface area (Å²) in [7, 11) is 0. The fraction of sp³-hybridized carbons (Fsp3) is 0.385. The van der Waals surface area contributed by atoms with Crippen LogP contribution in [0.15, 0.2) is 24.3 Å². The second-order valence-corrected chi connectivity index (χ2v) is 4.30. The van der Waals surface area contributed by atoms with Crippen LogP contribution in [0.5, 0.6) is 0 Å². The van der Waals surface area contributed by atoms with Crippen LogP contribution in [0.2, 0.25) is 5.02 Å². The van der Waals surface area contributed by atoms with E-state index in [1.54, 1.807) is 24.3 Å². The third-order valence-corrected chi connectivity index (χ3v) is 3.13. The average Bonchev–Trinajstić information content (AvgIpc) is 2.37. The van der Waals surface area contributed by atoms with Gasteiger partial charge in [-0.25, -0.2) is 0 Å². The maximum atomic E-state index is 11.9. The Kier molecular flexibility index (Phi) is 4.53. The van der Waals surface area contributed by atoms with Crippen molar-refractivity contribution in [2.45, 2.75) is 32.2 Å². The normalized spacial score (nSPS) is 10.7. The topological polar surface area (TPSA) is 52.9 Å². The molecule has 0 spiro atoms. The van der Waals surface area contributed by atoms with Crippen molar-refractivity contribution in [3.63, 3.8) is 0 Å². The zero-order valence-corrected chi connectivity index (χ0v) is 10.7. The minimum Gasteiger partial charge on any atom is -0.334 e. The molecular weight excluding hydrogens is 236 g/mol. The predicted molar refractivity (Wildman–Crippen MR) is 67.8 cm³/mol. The molecule has 0 saturated carbocycles. The summed E-state index contributed by atoms with van der Waals surface area (Å²) in [6.45, 7) is 3.77. The van der Waals surface area contributed by atoms with Gasteiger partial charge in [-0.15, -0.1) is 0 Å². The van der Waals surface area contributed by atoms with Gasteiger partial charge >= 0.3 is 0 Å². The second-order valence-electron chi connectivity index (χ2n) is 3.86. The van der Waals surface area contributed by atoms with Crippen LogP contribution >= 0.6 is 11.6 Å². The lowest BCUT2D eigenvalue weighted by Crippen LogP contribution is -2.46. The Balaban J connectivity index is 2.85. The summed E-state index contributed by atoms with van der Waals surface area (Å²) in [4.78, 5) is 11.9. The van der Waals surface area contributed by atoms with E-state index < -0.39 is 5.54 Å². The molecule has 0 saturated heterocycles. The van der Waals surface area contributed by atoms with Crippen LogP contribution < -0.4 is 5.32 Å². The number of hydrogen-bond donors (Lipinski definition) is 1. The van der Waals surface area contributed by atoms with Crippen molar-refractivity contribution in [1.82, 2.24) is 5.32 Å². The van der Waals surface area contributed by atoms with E-state index in [1.807, 2.05) is 13.8 Å². The van der Waals surface area contributed by atoms with Crippen LogP contribution in [0.4, 0.5) is 0 Å². The number of rotatable bonds is 4. The quantitative estimate of drug-likeness (QED) is 0.893. The van der Waals surface area contributed by atoms with E-state index in [1.165, 1.54) is 0 Å². The number of benzene rings is 1. The van der Waals surface area contributed by atoms with E-state index in [2.05, 4.69) is 11.4 Å². The zero-order valence-electron chi connectivity index (χ0n) is 9.96. The van der Waals surface area contributed by atoms with E-state index in [9.17, 15) is 4.79 Å². The fourth-order valence-corrected chi connectivity index (χ4v) is 1.63. The van der Waals surface area contributed by atoms with Crippen molar-refractivity contribution in [3.05, 3.63) is 34.9 Å². The lowest BCUT2D eigenvalue weighted by Gasteiger charge is -2.24. The van der Waals surface area contributed by atoms with Gasteiger partial charge in [-0.05, 0) is 37.1 Å². The first-order chi connectivity index (χ1) is 8.06. The minimum atomic E-state index is -0.781. The molecule has 0 radical (unpaired) electrons. The highest BCUT2D eigenvalue weighted by atomic mass is 35.5. The van der Waals surface area contributed by atoms with Gasteiger partial charge in [0.15, 0.2) is 0 Å². The molecule has 0 bridgehead atoms. The first-order valence-electron chi connectivity index (χ1n) is 5.56. The molecule has 0 fully saturated rings. The Labute approximate surface area is 106 Å². The molecule has 90 valence electrons. The second kappa shape index (κ2) is 5.70. The number of nitrogens with one attached hydrogen (secondary N) is 1. The van der Waals surface area contributed by atoms with Crippen molar-refractivity contribution >= 4 is 17.5 Å². The van der Waals surface area contributed by atoms with Gasteiger partial charge < -0.3 is 5.32 Å². The Bertz CT molecular complexity index is 430. The van der Waals surface area contributed by atoms with Gasteiger partial charge in [0.1, 0.15) is 5.54 Å². The summed E-state index contributed by atoms with van der Waals surface area (Å²) in [5.74, 6) is -0.244.